The molecule has 0 aliphatic carbocycles. The quantitative estimate of drug-likeness (QED) is 0.575. The molecular formula is C21H18N4O3. The number of methoxy groups -OCH3 is 1. The highest BCUT2D eigenvalue weighted by atomic mass is 16.5. The van der Waals surface area contributed by atoms with Gasteiger partial charge in [-0.15, -0.1) is 10.2 Å². The van der Waals surface area contributed by atoms with Gasteiger partial charge in [-0.1, -0.05) is 30.3 Å². The molecule has 1 N–H and O–H groups in total. The summed E-state index contributed by atoms with van der Waals surface area (Å²) in [5.41, 5.74) is 2.66. The Balaban J connectivity index is 1.51. The van der Waals surface area contributed by atoms with Gasteiger partial charge in [-0.05, 0) is 31.2 Å². The smallest absolute Gasteiger partial charge is 0.253 e. The largest absolute Gasteiger partial charge is 0.494 e. The van der Waals surface area contributed by atoms with Crippen molar-refractivity contribution in [1.82, 2.24) is 20.5 Å². The van der Waals surface area contributed by atoms with E-state index in [2.05, 4.69) is 20.5 Å². The van der Waals surface area contributed by atoms with E-state index in [1.807, 2.05) is 48.5 Å². The molecule has 0 saturated heterocycles. The third-order valence-electron chi connectivity index (χ3n) is 4.35. The van der Waals surface area contributed by atoms with Gasteiger partial charge >= 0.3 is 0 Å². The first-order valence-electron chi connectivity index (χ1n) is 8.76. The van der Waals surface area contributed by atoms with Gasteiger partial charge in [-0.2, -0.15) is 0 Å². The van der Waals surface area contributed by atoms with Crippen LogP contribution in [-0.2, 0) is 6.54 Å². The summed E-state index contributed by atoms with van der Waals surface area (Å²) in [5, 5.41) is 11.7. The van der Waals surface area contributed by atoms with E-state index in [1.54, 1.807) is 20.1 Å². The second-order valence-corrected chi connectivity index (χ2v) is 6.20. The van der Waals surface area contributed by atoms with Crippen molar-refractivity contribution in [2.75, 3.05) is 7.11 Å². The summed E-state index contributed by atoms with van der Waals surface area (Å²) in [7, 11) is 1.60. The SMILES string of the molecule is COc1cccc2cc(C(=O)NCc3nnc(-c4ccccc4)o3)c(C)nc12. The van der Waals surface area contributed by atoms with Crippen LogP contribution in [0.15, 0.2) is 59.0 Å². The summed E-state index contributed by atoms with van der Waals surface area (Å²) in [6.07, 6.45) is 0. The van der Waals surface area contributed by atoms with Crippen LogP contribution >= 0.6 is 0 Å². The number of fused-ring (bicyclic) bond motifs is 1. The highest BCUT2D eigenvalue weighted by molar-refractivity contribution is 5.99. The number of carbonyl (C=O) groups is 1. The first-order valence-corrected chi connectivity index (χ1v) is 8.76. The van der Waals surface area contributed by atoms with Crippen molar-refractivity contribution in [2.24, 2.45) is 0 Å². The molecule has 0 aliphatic heterocycles. The summed E-state index contributed by atoms with van der Waals surface area (Å²) in [6, 6.07) is 16.9. The molecule has 140 valence electrons. The Morgan fingerprint density at radius 1 is 1.11 bits per heavy atom. The molecule has 0 atom stereocenters. The van der Waals surface area contributed by atoms with Crippen LogP contribution in [0.1, 0.15) is 21.9 Å². The first kappa shape index (κ1) is 17.7. The Morgan fingerprint density at radius 2 is 1.93 bits per heavy atom. The van der Waals surface area contributed by atoms with E-state index >= 15 is 0 Å². The third-order valence-corrected chi connectivity index (χ3v) is 4.35. The first-order chi connectivity index (χ1) is 13.7. The minimum atomic E-state index is -0.255. The van der Waals surface area contributed by atoms with Crippen molar-refractivity contribution in [3.63, 3.8) is 0 Å². The zero-order chi connectivity index (χ0) is 19.5. The average molecular weight is 374 g/mol. The number of amides is 1. The van der Waals surface area contributed by atoms with Crippen LogP contribution in [0.25, 0.3) is 22.4 Å². The predicted octanol–water partition coefficient (Wildman–Crippen LogP) is 3.53. The van der Waals surface area contributed by atoms with Crippen molar-refractivity contribution >= 4 is 16.8 Å². The highest BCUT2D eigenvalue weighted by Crippen LogP contribution is 2.25. The molecule has 0 fully saturated rings. The lowest BCUT2D eigenvalue weighted by molar-refractivity contribution is 0.0946. The molecule has 4 rings (SSSR count). The normalized spacial score (nSPS) is 10.8. The highest BCUT2D eigenvalue weighted by Gasteiger charge is 2.15. The van der Waals surface area contributed by atoms with Crippen molar-refractivity contribution in [3.05, 3.63) is 71.7 Å². The minimum absolute atomic E-state index is 0.133. The topological polar surface area (TPSA) is 90.1 Å². The van der Waals surface area contributed by atoms with Gasteiger partial charge in [-0.3, -0.25) is 4.79 Å². The van der Waals surface area contributed by atoms with Crippen molar-refractivity contribution < 1.29 is 13.9 Å². The number of ether oxygens (including phenoxy) is 1. The van der Waals surface area contributed by atoms with E-state index in [9.17, 15) is 4.79 Å². The molecule has 0 spiro atoms. The monoisotopic (exact) mass is 374 g/mol. The molecule has 4 aromatic rings. The lowest BCUT2D eigenvalue weighted by Gasteiger charge is -2.09. The number of hydrogen-bond donors (Lipinski definition) is 1. The van der Waals surface area contributed by atoms with E-state index in [-0.39, 0.29) is 12.5 Å². The van der Waals surface area contributed by atoms with E-state index in [1.165, 1.54) is 0 Å². The maximum absolute atomic E-state index is 12.6. The number of aryl methyl sites for hydroxylation is 1. The number of nitrogens with one attached hydrogen (secondary N) is 1. The molecule has 7 nitrogen and oxygen atoms in total. The number of benzene rings is 2. The molecule has 0 aliphatic rings. The molecule has 0 bridgehead atoms. The summed E-state index contributed by atoms with van der Waals surface area (Å²) in [4.78, 5) is 17.2. The number of pyridine rings is 1. The molecule has 28 heavy (non-hydrogen) atoms. The Labute approximate surface area is 161 Å². The number of para-hydroxylation sites is 1. The summed E-state index contributed by atoms with van der Waals surface area (Å²) in [5.74, 6) is 1.17. The second kappa shape index (κ2) is 7.48. The molecular weight excluding hydrogens is 356 g/mol. The molecule has 0 unspecified atom stereocenters. The van der Waals surface area contributed by atoms with E-state index in [0.29, 0.717) is 28.8 Å². The van der Waals surface area contributed by atoms with Crippen LogP contribution in [0.5, 0.6) is 5.75 Å². The van der Waals surface area contributed by atoms with E-state index < -0.39 is 0 Å². The molecule has 2 heterocycles. The molecule has 0 saturated carbocycles. The van der Waals surface area contributed by atoms with Gasteiger partial charge < -0.3 is 14.5 Å². The predicted molar refractivity (Wildman–Crippen MR) is 104 cm³/mol. The zero-order valence-corrected chi connectivity index (χ0v) is 15.5. The fourth-order valence-corrected chi connectivity index (χ4v) is 2.93. The number of hydrogen-bond acceptors (Lipinski definition) is 6. The van der Waals surface area contributed by atoms with Crippen LogP contribution in [-0.4, -0.2) is 28.2 Å². The number of aromatic nitrogens is 3. The van der Waals surface area contributed by atoms with E-state index in [0.717, 1.165) is 16.5 Å². The number of rotatable bonds is 5. The molecule has 2 aromatic carbocycles. The molecule has 2 aromatic heterocycles. The van der Waals surface area contributed by atoms with Gasteiger partial charge in [-0.25, -0.2) is 4.98 Å². The van der Waals surface area contributed by atoms with Crippen molar-refractivity contribution in [2.45, 2.75) is 13.5 Å². The van der Waals surface area contributed by atoms with Crippen LogP contribution in [0.2, 0.25) is 0 Å². The molecule has 1 amide bonds. The summed E-state index contributed by atoms with van der Waals surface area (Å²) in [6.45, 7) is 1.93. The standard InChI is InChI=1S/C21H18N4O3/c1-13-16(11-15-9-6-10-17(27-2)19(15)23-13)20(26)22-12-18-24-25-21(28-18)14-7-4-3-5-8-14/h3-11H,12H2,1-2H3,(H,22,26). The lowest BCUT2D eigenvalue weighted by Crippen LogP contribution is -2.24. The fourth-order valence-electron chi connectivity index (χ4n) is 2.93. The Morgan fingerprint density at radius 3 is 2.71 bits per heavy atom. The average Bonchev–Trinajstić information content (AvgIpc) is 3.21. The molecule has 7 heteroatoms. The zero-order valence-electron chi connectivity index (χ0n) is 15.5. The Bertz CT molecular complexity index is 1140. The van der Waals surface area contributed by atoms with Crippen LogP contribution in [0.3, 0.4) is 0 Å². The van der Waals surface area contributed by atoms with Crippen LogP contribution in [0, 0.1) is 6.92 Å². The summed E-state index contributed by atoms with van der Waals surface area (Å²) < 4.78 is 11.0. The van der Waals surface area contributed by atoms with Crippen molar-refractivity contribution in [3.8, 4) is 17.2 Å². The second-order valence-electron chi connectivity index (χ2n) is 6.20. The van der Waals surface area contributed by atoms with E-state index in [4.69, 9.17) is 9.15 Å². The van der Waals surface area contributed by atoms with Gasteiger partial charge in [0.25, 0.3) is 5.91 Å². The number of nitrogens with zero attached hydrogens (tertiary/aromatic N) is 3. The summed E-state index contributed by atoms with van der Waals surface area (Å²) >= 11 is 0. The van der Waals surface area contributed by atoms with Gasteiger partial charge in [0.05, 0.1) is 24.9 Å². The van der Waals surface area contributed by atoms with Gasteiger partial charge in [0.1, 0.15) is 11.3 Å². The minimum Gasteiger partial charge on any atom is -0.494 e. The maximum Gasteiger partial charge on any atom is 0.253 e. The van der Waals surface area contributed by atoms with Gasteiger partial charge in [0.15, 0.2) is 0 Å². The lowest BCUT2D eigenvalue weighted by atomic mass is 10.1. The van der Waals surface area contributed by atoms with Crippen LogP contribution in [0.4, 0.5) is 0 Å². The third kappa shape index (κ3) is 3.42. The Kier molecular flexibility index (Phi) is 4.72. The van der Waals surface area contributed by atoms with Crippen molar-refractivity contribution in [1.29, 1.82) is 0 Å². The fraction of sp³-hybridized carbons (Fsp3) is 0.143. The van der Waals surface area contributed by atoms with Crippen LogP contribution < -0.4 is 10.1 Å². The Hall–Kier alpha value is -3.74. The number of carbonyl (C=O) groups excluding carboxylic acids is 1. The maximum atomic E-state index is 12.6. The van der Waals surface area contributed by atoms with Gasteiger partial charge in [0.2, 0.25) is 11.8 Å². The van der Waals surface area contributed by atoms with Gasteiger partial charge in [0, 0.05) is 10.9 Å². The molecule has 0 radical (unpaired) electrons.